The molecule has 0 saturated carbocycles. The van der Waals surface area contributed by atoms with E-state index in [1.807, 2.05) is 30.3 Å². The lowest BCUT2D eigenvalue weighted by Crippen LogP contribution is -2.33. The molecule has 0 amide bonds. The third kappa shape index (κ3) is 3.97. The quantitative estimate of drug-likeness (QED) is 0.416. The van der Waals surface area contributed by atoms with Crippen LogP contribution in [0.5, 0.6) is 0 Å². The molecule has 0 unspecified atom stereocenters. The summed E-state index contributed by atoms with van der Waals surface area (Å²) in [5.41, 5.74) is 1.92. The predicted molar refractivity (Wildman–Crippen MR) is 101 cm³/mol. The largest absolute Gasteiger partial charge is 0.0918 e. The van der Waals surface area contributed by atoms with Gasteiger partial charge in [-0.05, 0) is 41.8 Å². The second-order valence-electron chi connectivity index (χ2n) is 4.94. The molecule has 0 nitrogen and oxygen atoms in total. The summed E-state index contributed by atoms with van der Waals surface area (Å²) in [5, 5.41) is 3.69. The summed E-state index contributed by atoms with van der Waals surface area (Å²) >= 11 is 26.1. The molecule has 5 heteroatoms. The number of hydrogen-bond donors (Lipinski definition) is 0. The minimum absolute atomic E-state index is 0.188. The van der Waals surface area contributed by atoms with Crippen LogP contribution in [0.1, 0.15) is 11.1 Å². The molecule has 21 heavy (non-hydrogen) atoms. The summed E-state index contributed by atoms with van der Waals surface area (Å²) < 4.78 is 0. The van der Waals surface area contributed by atoms with Crippen LogP contribution < -0.4 is 0 Å². The van der Waals surface area contributed by atoms with Gasteiger partial charge in [-0.3, -0.25) is 0 Å². The molecule has 2 aromatic carbocycles. The molecule has 112 valence electrons. The Morgan fingerprint density at radius 3 is 2.14 bits per heavy atom. The highest BCUT2D eigenvalue weighted by Crippen LogP contribution is 2.38. The van der Waals surface area contributed by atoms with Crippen molar-refractivity contribution < 1.29 is 0 Å². The molecule has 0 N–H and O–H groups in total. The van der Waals surface area contributed by atoms with Crippen molar-refractivity contribution in [3.05, 3.63) is 68.7 Å². The third-order valence-corrected chi connectivity index (χ3v) is 6.57. The van der Waals surface area contributed by atoms with E-state index in [-0.39, 0.29) is 5.41 Å². The second-order valence-corrected chi connectivity index (χ2v) is 7.31. The van der Waals surface area contributed by atoms with Crippen LogP contribution in [-0.2, 0) is 11.8 Å². The summed E-state index contributed by atoms with van der Waals surface area (Å²) in [6.07, 6.45) is 0.743. The monoisotopic (exact) mass is 468 g/mol. The molecular weight excluding hydrogens is 458 g/mol. The van der Waals surface area contributed by atoms with Crippen LogP contribution in [-0.4, -0.2) is 10.7 Å². The van der Waals surface area contributed by atoms with Crippen molar-refractivity contribution in [3.8, 4) is 0 Å². The van der Waals surface area contributed by atoms with E-state index in [4.69, 9.17) is 34.8 Å². The molecule has 0 aromatic heterocycles. The highest BCUT2D eigenvalue weighted by Gasteiger charge is 2.33. The fraction of sp³-hybridized carbons (Fsp3) is 0.250. The molecule has 0 spiro atoms. The highest BCUT2D eigenvalue weighted by atomic mass is 79.9. The van der Waals surface area contributed by atoms with Gasteiger partial charge in [0.15, 0.2) is 0 Å². The molecule has 0 atom stereocenters. The zero-order valence-electron chi connectivity index (χ0n) is 11.1. The Morgan fingerprint density at radius 2 is 1.52 bits per heavy atom. The molecule has 0 heterocycles. The van der Waals surface area contributed by atoms with Crippen LogP contribution in [0.3, 0.4) is 0 Å². The lowest BCUT2D eigenvalue weighted by atomic mass is 9.79. The fourth-order valence-corrected chi connectivity index (χ4v) is 4.95. The predicted octanol–water partition coefficient (Wildman–Crippen LogP) is 6.92. The van der Waals surface area contributed by atoms with Gasteiger partial charge in [-0.15, -0.1) is 0 Å². The van der Waals surface area contributed by atoms with E-state index in [2.05, 4.69) is 37.9 Å². The Bertz CT molecular complexity index is 625. The van der Waals surface area contributed by atoms with E-state index in [1.165, 1.54) is 0 Å². The first kappa shape index (κ1) is 17.6. The topological polar surface area (TPSA) is 0 Å². The van der Waals surface area contributed by atoms with Gasteiger partial charge in [0.2, 0.25) is 0 Å². The van der Waals surface area contributed by atoms with Gasteiger partial charge >= 0.3 is 0 Å². The number of hydrogen-bond acceptors (Lipinski definition) is 0. The average molecular weight is 471 g/mol. The summed E-state index contributed by atoms with van der Waals surface area (Å²) in [6.45, 7) is 0. The van der Waals surface area contributed by atoms with E-state index >= 15 is 0 Å². The maximum Gasteiger partial charge on any atom is 0.0444 e. The Kier molecular flexibility index (Phi) is 6.46. The molecule has 0 radical (unpaired) electrons. The van der Waals surface area contributed by atoms with Crippen LogP contribution >= 0.6 is 66.7 Å². The van der Waals surface area contributed by atoms with Crippen molar-refractivity contribution in [1.82, 2.24) is 0 Å². The van der Waals surface area contributed by atoms with Crippen molar-refractivity contribution in [2.45, 2.75) is 11.8 Å². The van der Waals surface area contributed by atoms with Gasteiger partial charge in [0.05, 0.1) is 0 Å². The first-order valence-corrected chi connectivity index (χ1v) is 9.71. The Hall–Kier alpha value is 0.270. The zero-order chi connectivity index (χ0) is 15.5. The molecule has 0 fully saturated rings. The van der Waals surface area contributed by atoms with E-state index in [9.17, 15) is 0 Å². The zero-order valence-corrected chi connectivity index (χ0v) is 16.5. The summed E-state index contributed by atoms with van der Waals surface area (Å²) in [6, 6.07) is 13.5. The molecular formula is C16H13Br2Cl3. The van der Waals surface area contributed by atoms with Gasteiger partial charge in [-0.1, -0.05) is 84.9 Å². The average Bonchev–Trinajstić information content (AvgIpc) is 2.49. The van der Waals surface area contributed by atoms with Crippen LogP contribution in [0.4, 0.5) is 0 Å². The minimum Gasteiger partial charge on any atom is -0.0918 e. The van der Waals surface area contributed by atoms with Crippen molar-refractivity contribution in [2.24, 2.45) is 0 Å². The van der Waals surface area contributed by atoms with Crippen LogP contribution in [0.2, 0.25) is 15.1 Å². The summed E-state index contributed by atoms with van der Waals surface area (Å²) in [7, 11) is 0. The normalized spacial score (nSPS) is 11.7. The second kappa shape index (κ2) is 7.70. The molecule has 2 aromatic rings. The molecule has 0 aliphatic rings. The van der Waals surface area contributed by atoms with Crippen molar-refractivity contribution in [2.75, 3.05) is 10.7 Å². The SMILES string of the molecule is Clc1ccc(Cl)c(CC(CBr)(CBr)c2ccccc2Cl)c1. The number of rotatable bonds is 5. The van der Waals surface area contributed by atoms with Crippen molar-refractivity contribution in [1.29, 1.82) is 0 Å². The Labute approximate surface area is 157 Å². The minimum atomic E-state index is -0.188. The van der Waals surface area contributed by atoms with E-state index in [1.54, 1.807) is 6.07 Å². The third-order valence-electron chi connectivity index (χ3n) is 3.49. The number of benzene rings is 2. The first-order valence-electron chi connectivity index (χ1n) is 6.33. The summed E-state index contributed by atoms with van der Waals surface area (Å²) in [4.78, 5) is 0. The van der Waals surface area contributed by atoms with Gasteiger partial charge in [0, 0.05) is 31.1 Å². The standard InChI is InChI=1S/C16H13Br2Cl3/c17-9-16(10-18,13-3-1-2-4-15(13)21)8-11-7-12(19)5-6-14(11)20/h1-7H,8-10H2. The van der Waals surface area contributed by atoms with Gasteiger partial charge < -0.3 is 0 Å². The molecule has 2 rings (SSSR count). The summed E-state index contributed by atoms with van der Waals surface area (Å²) in [5.74, 6) is 0. The number of halogens is 5. The van der Waals surface area contributed by atoms with Crippen molar-refractivity contribution in [3.63, 3.8) is 0 Å². The van der Waals surface area contributed by atoms with Gasteiger partial charge in [-0.25, -0.2) is 0 Å². The van der Waals surface area contributed by atoms with Gasteiger partial charge in [-0.2, -0.15) is 0 Å². The fourth-order valence-electron chi connectivity index (χ4n) is 2.30. The lowest BCUT2D eigenvalue weighted by Gasteiger charge is -2.32. The van der Waals surface area contributed by atoms with Gasteiger partial charge in [0.1, 0.15) is 0 Å². The van der Waals surface area contributed by atoms with Crippen LogP contribution in [0, 0.1) is 0 Å². The van der Waals surface area contributed by atoms with Crippen LogP contribution in [0.25, 0.3) is 0 Å². The van der Waals surface area contributed by atoms with E-state index < -0.39 is 0 Å². The van der Waals surface area contributed by atoms with Gasteiger partial charge in [0.25, 0.3) is 0 Å². The maximum atomic E-state index is 6.40. The smallest absolute Gasteiger partial charge is 0.0444 e. The lowest BCUT2D eigenvalue weighted by molar-refractivity contribution is 0.551. The maximum absolute atomic E-state index is 6.40. The Balaban J connectivity index is 2.48. The Morgan fingerprint density at radius 1 is 0.857 bits per heavy atom. The molecule has 0 bridgehead atoms. The van der Waals surface area contributed by atoms with Crippen LogP contribution in [0.15, 0.2) is 42.5 Å². The van der Waals surface area contributed by atoms with E-state index in [0.29, 0.717) is 5.02 Å². The number of alkyl halides is 2. The van der Waals surface area contributed by atoms with E-state index in [0.717, 1.165) is 38.3 Å². The first-order chi connectivity index (χ1) is 10.0. The van der Waals surface area contributed by atoms with Crippen molar-refractivity contribution >= 4 is 66.7 Å². The molecule has 0 saturated heterocycles. The molecule has 0 aliphatic heterocycles. The molecule has 0 aliphatic carbocycles. The highest BCUT2D eigenvalue weighted by molar-refractivity contribution is 9.09.